The first-order chi connectivity index (χ1) is 9.72. The average Bonchev–Trinajstić information content (AvgIpc) is 3.11. The monoisotopic (exact) mass is 291 g/mol. The summed E-state index contributed by atoms with van der Waals surface area (Å²) in [4.78, 5) is 19.5. The molecule has 0 saturated carbocycles. The van der Waals surface area contributed by atoms with Crippen molar-refractivity contribution in [1.82, 2.24) is 9.88 Å². The maximum atomic E-state index is 12.1. The van der Waals surface area contributed by atoms with Gasteiger partial charge in [-0.25, -0.2) is 4.98 Å². The van der Waals surface area contributed by atoms with E-state index in [1.807, 2.05) is 18.0 Å². The lowest BCUT2D eigenvalue weighted by Crippen LogP contribution is -2.42. The second kappa shape index (κ2) is 5.66. The number of amides is 1. The van der Waals surface area contributed by atoms with Gasteiger partial charge in [-0.2, -0.15) is 0 Å². The standard InChI is InChI=1S/C14H17N3O2S/c1-10-9-15-14(20-10)16-11-4-6-17(7-5-11)13(18)12-3-2-8-19-12/h2-3,8-9,11H,4-7H2,1H3,(H,15,16). The maximum Gasteiger partial charge on any atom is 0.289 e. The smallest absolute Gasteiger partial charge is 0.289 e. The Hall–Kier alpha value is -1.82. The van der Waals surface area contributed by atoms with Crippen LogP contribution < -0.4 is 5.32 Å². The highest BCUT2D eigenvalue weighted by Gasteiger charge is 2.25. The fourth-order valence-corrected chi connectivity index (χ4v) is 3.12. The van der Waals surface area contributed by atoms with E-state index in [0.717, 1.165) is 31.1 Å². The zero-order chi connectivity index (χ0) is 13.9. The van der Waals surface area contributed by atoms with Gasteiger partial charge in [-0.3, -0.25) is 4.79 Å². The van der Waals surface area contributed by atoms with Crippen LogP contribution in [0.5, 0.6) is 0 Å². The van der Waals surface area contributed by atoms with Crippen molar-refractivity contribution in [3.63, 3.8) is 0 Å². The highest BCUT2D eigenvalue weighted by molar-refractivity contribution is 7.15. The summed E-state index contributed by atoms with van der Waals surface area (Å²) in [6.07, 6.45) is 5.28. The van der Waals surface area contributed by atoms with Crippen molar-refractivity contribution in [3.8, 4) is 0 Å². The molecule has 0 aliphatic carbocycles. The van der Waals surface area contributed by atoms with Crippen LogP contribution in [0.2, 0.25) is 0 Å². The molecule has 0 unspecified atom stereocenters. The van der Waals surface area contributed by atoms with Crippen LogP contribution in [0.15, 0.2) is 29.0 Å². The lowest BCUT2D eigenvalue weighted by atomic mass is 10.1. The highest BCUT2D eigenvalue weighted by Crippen LogP contribution is 2.21. The van der Waals surface area contributed by atoms with Crippen molar-refractivity contribution < 1.29 is 9.21 Å². The van der Waals surface area contributed by atoms with Crippen LogP contribution in [0.1, 0.15) is 28.3 Å². The molecule has 106 valence electrons. The Morgan fingerprint density at radius 3 is 2.90 bits per heavy atom. The third kappa shape index (κ3) is 2.85. The average molecular weight is 291 g/mol. The highest BCUT2D eigenvalue weighted by atomic mass is 32.1. The molecule has 1 aliphatic rings. The van der Waals surface area contributed by atoms with Crippen LogP contribution in [0.25, 0.3) is 0 Å². The largest absolute Gasteiger partial charge is 0.459 e. The van der Waals surface area contributed by atoms with Crippen molar-refractivity contribution in [3.05, 3.63) is 35.2 Å². The summed E-state index contributed by atoms with van der Waals surface area (Å²) in [5.74, 6) is 0.408. The first-order valence-electron chi connectivity index (χ1n) is 6.74. The Morgan fingerprint density at radius 1 is 1.50 bits per heavy atom. The third-order valence-corrected chi connectivity index (χ3v) is 4.31. The van der Waals surface area contributed by atoms with E-state index >= 15 is 0 Å². The van der Waals surface area contributed by atoms with E-state index < -0.39 is 0 Å². The summed E-state index contributed by atoms with van der Waals surface area (Å²) in [5.41, 5.74) is 0. The lowest BCUT2D eigenvalue weighted by Gasteiger charge is -2.31. The summed E-state index contributed by atoms with van der Waals surface area (Å²) in [6, 6.07) is 3.85. The van der Waals surface area contributed by atoms with Gasteiger partial charge in [0.25, 0.3) is 5.91 Å². The van der Waals surface area contributed by atoms with E-state index in [-0.39, 0.29) is 5.91 Å². The van der Waals surface area contributed by atoms with Crippen LogP contribution in [0, 0.1) is 6.92 Å². The molecule has 2 aromatic heterocycles. The van der Waals surface area contributed by atoms with Crippen molar-refractivity contribution in [1.29, 1.82) is 0 Å². The molecule has 2 aromatic rings. The molecule has 3 heterocycles. The Balaban J connectivity index is 1.53. The van der Waals surface area contributed by atoms with Crippen molar-refractivity contribution in [2.24, 2.45) is 0 Å². The van der Waals surface area contributed by atoms with Crippen molar-refractivity contribution in [2.75, 3.05) is 18.4 Å². The Kier molecular flexibility index (Phi) is 3.73. The zero-order valence-corrected chi connectivity index (χ0v) is 12.2. The van der Waals surface area contributed by atoms with E-state index in [1.165, 1.54) is 11.1 Å². The second-order valence-corrected chi connectivity index (χ2v) is 6.20. The van der Waals surface area contributed by atoms with E-state index in [0.29, 0.717) is 11.8 Å². The van der Waals surface area contributed by atoms with E-state index in [4.69, 9.17) is 4.42 Å². The number of hydrogen-bond donors (Lipinski definition) is 1. The molecular formula is C14H17N3O2S. The van der Waals surface area contributed by atoms with Gasteiger partial charge >= 0.3 is 0 Å². The molecule has 1 N–H and O–H groups in total. The minimum Gasteiger partial charge on any atom is -0.459 e. The normalized spacial score (nSPS) is 16.4. The van der Waals surface area contributed by atoms with E-state index in [1.54, 1.807) is 23.5 Å². The van der Waals surface area contributed by atoms with Gasteiger partial charge in [0, 0.05) is 30.2 Å². The number of likely N-dealkylation sites (tertiary alicyclic amines) is 1. The molecule has 1 aliphatic heterocycles. The van der Waals surface area contributed by atoms with Gasteiger partial charge in [-0.05, 0) is 31.9 Å². The number of furan rings is 1. The molecule has 0 aromatic carbocycles. The minimum atomic E-state index is -0.0152. The van der Waals surface area contributed by atoms with Crippen LogP contribution in [0.3, 0.4) is 0 Å². The third-order valence-electron chi connectivity index (χ3n) is 3.46. The molecule has 1 fully saturated rings. The van der Waals surface area contributed by atoms with Gasteiger partial charge in [-0.15, -0.1) is 11.3 Å². The second-order valence-electron chi connectivity index (χ2n) is 4.96. The van der Waals surface area contributed by atoms with Gasteiger partial charge < -0.3 is 14.6 Å². The van der Waals surface area contributed by atoms with Gasteiger partial charge in [-0.1, -0.05) is 0 Å². The molecule has 20 heavy (non-hydrogen) atoms. The predicted octanol–water partition coefficient (Wildman–Crippen LogP) is 2.76. The predicted molar refractivity (Wildman–Crippen MR) is 78.1 cm³/mol. The first-order valence-corrected chi connectivity index (χ1v) is 7.56. The van der Waals surface area contributed by atoms with E-state index in [2.05, 4.69) is 10.3 Å². The summed E-state index contributed by atoms with van der Waals surface area (Å²) in [5, 5.41) is 4.41. The number of thiazole rings is 1. The molecular weight excluding hydrogens is 274 g/mol. The van der Waals surface area contributed by atoms with Crippen LogP contribution in [-0.2, 0) is 0 Å². The van der Waals surface area contributed by atoms with Gasteiger partial charge in [0.05, 0.1) is 6.26 Å². The topological polar surface area (TPSA) is 58.4 Å². The number of hydrogen-bond acceptors (Lipinski definition) is 5. The number of carbonyl (C=O) groups is 1. The quantitative estimate of drug-likeness (QED) is 0.944. The van der Waals surface area contributed by atoms with Gasteiger partial charge in [0.15, 0.2) is 10.9 Å². The van der Waals surface area contributed by atoms with E-state index in [9.17, 15) is 4.79 Å². The fraction of sp³-hybridized carbons (Fsp3) is 0.429. The lowest BCUT2D eigenvalue weighted by molar-refractivity contribution is 0.0686. The molecule has 0 radical (unpaired) electrons. The summed E-state index contributed by atoms with van der Waals surface area (Å²) >= 11 is 1.67. The molecule has 0 bridgehead atoms. The molecule has 6 heteroatoms. The fourth-order valence-electron chi connectivity index (χ4n) is 2.38. The number of aryl methyl sites for hydroxylation is 1. The van der Waals surface area contributed by atoms with Crippen LogP contribution in [0.4, 0.5) is 5.13 Å². The summed E-state index contributed by atoms with van der Waals surface area (Å²) < 4.78 is 5.16. The number of piperidine rings is 1. The van der Waals surface area contributed by atoms with Crippen molar-refractivity contribution >= 4 is 22.4 Å². The Labute approximate surface area is 121 Å². The molecule has 3 rings (SSSR count). The van der Waals surface area contributed by atoms with Crippen LogP contribution >= 0.6 is 11.3 Å². The number of nitrogens with zero attached hydrogens (tertiary/aromatic N) is 2. The number of nitrogens with one attached hydrogen (secondary N) is 1. The first kappa shape index (κ1) is 13.2. The SMILES string of the molecule is Cc1cnc(NC2CCN(C(=O)c3ccco3)CC2)s1. The number of rotatable bonds is 3. The number of aromatic nitrogens is 1. The van der Waals surface area contributed by atoms with Crippen LogP contribution in [-0.4, -0.2) is 34.9 Å². The molecule has 1 amide bonds. The minimum absolute atomic E-state index is 0.0152. The Morgan fingerprint density at radius 2 is 2.30 bits per heavy atom. The van der Waals surface area contributed by atoms with Gasteiger partial charge in [0.1, 0.15) is 0 Å². The number of anilines is 1. The molecule has 5 nitrogen and oxygen atoms in total. The Bertz CT molecular complexity index is 571. The van der Waals surface area contributed by atoms with Crippen molar-refractivity contribution in [2.45, 2.75) is 25.8 Å². The zero-order valence-electron chi connectivity index (χ0n) is 11.3. The molecule has 0 atom stereocenters. The maximum absolute atomic E-state index is 12.1. The van der Waals surface area contributed by atoms with Gasteiger partial charge in [0.2, 0.25) is 0 Å². The molecule has 1 saturated heterocycles. The summed E-state index contributed by atoms with van der Waals surface area (Å²) in [7, 11) is 0. The molecule has 0 spiro atoms. The summed E-state index contributed by atoms with van der Waals surface area (Å²) in [6.45, 7) is 3.55. The number of carbonyl (C=O) groups excluding carboxylic acids is 1.